The molecule has 8 heteroatoms. The second kappa shape index (κ2) is 8.54. The molecule has 0 aliphatic carbocycles. The van der Waals surface area contributed by atoms with Gasteiger partial charge in [-0.3, -0.25) is 4.79 Å². The lowest BCUT2D eigenvalue weighted by Gasteiger charge is -2.13. The number of rotatable bonds is 7. The summed E-state index contributed by atoms with van der Waals surface area (Å²) in [4.78, 5) is 11.4. The zero-order valence-electron chi connectivity index (χ0n) is 16.5. The molecule has 6 nitrogen and oxygen atoms in total. The Bertz CT molecular complexity index is 1210. The molecule has 0 unspecified atom stereocenters. The Morgan fingerprint density at radius 3 is 2.27 bits per heavy atom. The molecule has 0 heterocycles. The van der Waals surface area contributed by atoms with E-state index in [0.717, 1.165) is 5.56 Å². The van der Waals surface area contributed by atoms with E-state index >= 15 is 0 Å². The minimum Gasteiger partial charge on any atom is -0.457 e. The van der Waals surface area contributed by atoms with E-state index in [9.17, 15) is 17.6 Å². The Kier molecular flexibility index (Phi) is 6.07. The van der Waals surface area contributed by atoms with Gasteiger partial charge >= 0.3 is 0 Å². The Morgan fingerprint density at radius 2 is 1.63 bits per heavy atom. The highest BCUT2D eigenvalue weighted by molar-refractivity contribution is 7.91. The molecule has 0 bridgehead atoms. The van der Waals surface area contributed by atoms with Crippen molar-refractivity contribution in [3.63, 3.8) is 0 Å². The van der Waals surface area contributed by atoms with Gasteiger partial charge in [0.15, 0.2) is 9.84 Å². The van der Waals surface area contributed by atoms with E-state index in [-0.39, 0.29) is 16.3 Å². The van der Waals surface area contributed by atoms with E-state index in [0.29, 0.717) is 22.7 Å². The molecule has 156 valence electrons. The molecule has 0 saturated heterocycles. The molecule has 0 atom stereocenters. The number of sulfone groups is 1. The fourth-order valence-electron chi connectivity index (χ4n) is 2.91. The first kappa shape index (κ1) is 21.3. The van der Waals surface area contributed by atoms with Gasteiger partial charge in [-0.05, 0) is 73.5 Å². The number of carbonyl (C=O) groups excluding carboxylic acids is 1. The summed E-state index contributed by atoms with van der Waals surface area (Å²) < 4.78 is 44.5. The molecule has 3 N–H and O–H groups in total. The third kappa shape index (κ3) is 4.77. The van der Waals surface area contributed by atoms with Crippen molar-refractivity contribution in [2.75, 3.05) is 11.2 Å². The molecule has 3 rings (SSSR count). The molecular weight excluding hydrogens is 407 g/mol. The summed E-state index contributed by atoms with van der Waals surface area (Å²) in [5, 5.41) is 2.88. The predicted octanol–water partition coefficient (Wildman–Crippen LogP) is 4.18. The number of carbonyl (C=O) groups is 1. The molecule has 0 aromatic heterocycles. The van der Waals surface area contributed by atoms with Gasteiger partial charge in [-0.25, -0.2) is 12.8 Å². The van der Waals surface area contributed by atoms with Gasteiger partial charge in [0.1, 0.15) is 23.2 Å². The average molecular weight is 428 g/mol. The summed E-state index contributed by atoms with van der Waals surface area (Å²) in [6.07, 6.45) is 0. The van der Waals surface area contributed by atoms with E-state index in [1.165, 1.54) is 30.3 Å². The second-order valence-electron chi connectivity index (χ2n) is 6.79. The van der Waals surface area contributed by atoms with Crippen LogP contribution < -0.4 is 15.8 Å². The van der Waals surface area contributed by atoms with Gasteiger partial charge in [-0.15, -0.1) is 0 Å². The van der Waals surface area contributed by atoms with Gasteiger partial charge in [0.05, 0.1) is 10.5 Å². The topological polar surface area (TPSA) is 98.5 Å². The second-order valence-corrected chi connectivity index (χ2v) is 8.74. The minimum atomic E-state index is -3.80. The fraction of sp³-hybridized carbons (Fsp3) is 0.136. The Balaban J connectivity index is 1.75. The van der Waals surface area contributed by atoms with Crippen molar-refractivity contribution in [1.82, 2.24) is 0 Å². The van der Waals surface area contributed by atoms with Crippen LogP contribution >= 0.6 is 0 Å². The maximum atomic E-state index is 13.4. The molecule has 0 spiro atoms. The average Bonchev–Trinajstić information content (AvgIpc) is 2.70. The number of nitrogens with two attached hydrogens (primary N) is 1. The van der Waals surface area contributed by atoms with Crippen LogP contribution in [0.1, 0.15) is 21.5 Å². The maximum absolute atomic E-state index is 13.4. The van der Waals surface area contributed by atoms with E-state index in [4.69, 9.17) is 10.5 Å². The van der Waals surface area contributed by atoms with Crippen LogP contribution in [0, 0.1) is 19.7 Å². The maximum Gasteiger partial charge on any atom is 0.250 e. The van der Waals surface area contributed by atoms with Crippen LogP contribution in [-0.2, 0) is 9.84 Å². The highest BCUT2D eigenvalue weighted by Crippen LogP contribution is 2.27. The molecule has 0 radical (unpaired) electrons. The number of amides is 1. The SMILES string of the molecule is Cc1cc(Oc2ccc(NCS(=O)(=O)c3ccccc3C(N)=O)c(C)c2)ccc1F. The van der Waals surface area contributed by atoms with Gasteiger partial charge in [0.25, 0.3) is 0 Å². The Hall–Kier alpha value is -3.39. The highest BCUT2D eigenvalue weighted by atomic mass is 32.2. The van der Waals surface area contributed by atoms with E-state index < -0.39 is 21.6 Å². The van der Waals surface area contributed by atoms with Crippen LogP contribution in [0.15, 0.2) is 65.6 Å². The molecule has 0 saturated carbocycles. The number of ether oxygens (including phenoxy) is 1. The lowest BCUT2D eigenvalue weighted by atomic mass is 10.2. The first-order chi connectivity index (χ1) is 14.2. The molecule has 0 aliphatic rings. The molecule has 0 aliphatic heterocycles. The lowest BCUT2D eigenvalue weighted by molar-refractivity contribution is 0.0997. The van der Waals surface area contributed by atoms with Gasteiger partial charge in [-0.1, -0.05) is 12.1 Å². The quantitative estimate of drug-likeness (QED) is 0.588. The standard InChI is InChI=1S/C22H21FN2O4S/c1-14-11-16(7-9-19(14)23)29-17-8-10-20(15(2)12-17)25-13-30(27,28)21-6-4-3-5-18(21)22(24)26/h3-12,25H,13H2,1-2H3,(H2,24,26). The number of hydrogen-bond donors (Lipinski definition) is 2. The van der Waals surface area contributed by atoms with Gasteiger partial charge in [0, 0.05) is 5.69 Å². The highest BCUT2D eigenvalue weighted by Gasteiger charge is 2.21. The summed E-state index contributed by atoms with van der Waals surface area (Å²) >= 11 is 0. The molecule has 3 aromatic rings. The van der Waals surface area contributed by atoms with E-state index in [2.05, 4.69) is 5.32 Å². The van der Waals surface area contributed by atoms with Crippen molar-refractivity contribution in [1.29, 1.82) is 0 Å². The summed E-state index contributed by atoms with van der Waals surface area (Å²) in [7, 11) is -3.80. The van der Waals surface area contributed by atoms with Gasteiger partial charge in [0.2, 0.25) is 5.91 Å². The van der Waals surface area contributed by atoms with Crippen LogP contribution in [0.5, 0.6) is 11.5 Å². The van der Waals surface area contributed by atoms with Gasteiger partial charge in [-0.2, -0.15) is 0 Å². The Labute approximate surface area is 174 Å². The van der Waals surface area contributed by atoms with Crippen LogP contribution in [-0.4, -0.2) is 20.2 Å². The number of primary amides is 1. The molecule has 0 fully saturated rings. The third-order valence-corrected chi connectivity index (χ3v) is 6.05. The number of aryl methyl sites for hydroxylation is 2. The normalized spacial score (nSPS) is 11.2. The molecule has 30 heavy (non-hydrogen) atoms. The number of nitrogens with one attached hydrogen (secondary N) is 1. The largest absolute Gasteiger partial charge is 0.457 e. The number of hydrogen-bond acceptors (Lipinski definition) is 5. The van der Waals surface area contributed by atoms with Crippen LogP contribution in [0.25, 0.3) is 0 Å². The number of benzene rings is 3. The number of anilines is 1. The van der Waals surface area contributed by atoms with Crippen molar-refractivity contribution >= 4 is 21.4 Å². The molecule has 3 aromatic carbocycles. The van der Waals surface area contributed by atoms with Crippen LogP contribution in [0.3, 0.4) is 0 Å². The predicted molar refractivity (Wildman–Crippen MR) is 113 cm³/mol. The summed E-state index contributed by atoms with van der Waals surface area (Å²) in [5.74, 6) is -0.485. The van der Waals surface area contributed by atoms with Gasteiger partial charge < -0.3 is 15.8 Å². The zero-order chi connectivity index (χ0) is 21.9. The van der Waals surface area contributed by atoms with E-state index in [1.54, 1.807) is 44.2 Å². The van der Waals surface area contributed by atoms with E-state index in [1.807, 2.05) is 0 Å². The smallest absolute Gasteiger partial charge is 0.250 e. The zero-order valence-corrected chi connectivity index (χ0v) is 17.3. The number of halogens is 1. The van der Waals surface area contributed by atoms with Crippen LogP contribution in [0.4, 0.5) is 10.1 Å². The van der Waals surface area contributed by atoms with Crippen molar-refractivity contribution in [3.05, 3.63) is 83.2 Å². The van der Waals surface area contributed by atoms with Crippen molar-refractivity contribution < 1.29 is 22.3 Å². The monoisotopic (exact) mass is 428 g/mol. The summed E-state index contributed by atoms with van der Waals surface area (Å²) in [6.45, 7) is 3.45. The van der Waals surface area contributed by atoms with Crippen molar-refractivity contribution in [2.24, 2.45) is 5.73 Å². The summed E-state index contributed by atoms with van der Waals surface area (Å²) in [6, 6.07) is 15.4. The van der Waals surface area contributed by atoms with Crippen molar-refractivity contribution in [2.45, 2.75) is 18.7 Å². The molecule has 1 amide bonds. The fourth-order valence-corrected chi connectivity index (χ4v) is 4.20. The lowest BCUT2D eigenvalue weighted by Crippen LogP contribution is -2.20. The first-order valence-corrected chi connectivity index (χ1v) is 10.7. The third-order valence-electron chi connectivity index (χ3n) is 4.50. The first-order valence-electron chi connectivity index (χ1n) is 9.07. The summed E-state index contributed by atoms with van der Waals surface area (Å²) in [5.41, 5.74) is 7.06. The van der Waals surface area contributed by atoms with Crippen LogP contribution in [0.2, 0.25) is 0 Å². The minimum absolute atomic E-state index is 0.0469. The molecular formula is C22H21FN2O4S. The Morgan fingerprint density at radius 1 is 1.00 bits per heavy atom. The van der Waals surface area contributed by atoms with Crippen molar-refractivity contribution in [3.8, 4) is 11.5 Å².